The SMILES string of the molecule is O=C1CCC(N2C[C@H](c3cccc(C#CCN4CCO[C@@H](CCC(=O)c5ccc(-n6cc(NC(=O)c7coc(-c8ccnc(NCC9CC9)c8)n7)c(C(F)F)n6)cc5)C4)c3)OC2=O)C(=O)N1. The fourth-order valence-corrected chi connectivity index (χ4v) is 8.00. The van der Waals surface area contributed by atoms with Crippen LogP contribution in [0.4, 0.5) is 25.1 Å². The Bertz CT molecular complexity index is 2710. The number of imide groups is 1. The molecule has 1 aliphatic carbocycles. The summed E-state index contributed by atoms with van der Waals surface area (Å²) < 4.78 is 46.6. The quantitative estimate of drug-likeness (QED) is 0.0633. The first-order valence-electron chi connectivity index (χ1n) is 21.7. The first kappa shape index (κ1) is 43.9. The Balaban J connectivity index is 0.750. The van der Waals surface area contributed by atoms with Crippen molar-refractivity contribution in [1.82, 2.24) is 34.9 Å². The zero-order chi connectivity index (χ0) is 45.7. The Morgan fingerprint density at radius 3 is 2.67 bits per heavy atom. The average molecular weight is 902 g/mol. The number of pyridine rings is 1. The van der Waals surface area contributed by atoms with E-state index in [9.17, 15) is 32.8 Å². The Morgan fingerprint density at radius 1 is 1.02 bits per heavy atom. The topological polar surface area (TPSA) is 203 Å². The second kappa shape index (κ2) is 19.4. The summed E-state index contributed by atoms with van der Waals surface area (Å²) in [5, 5.41) is 12.1. The predicted octanol–water partition coefficient (Wildman–Crippen LogP) is 5.95. The van der Waals surface area contributed by atoms with Crippen LogP contribution in [0.2, 0.25) is 0 Å². The minimum atomic E-state index is -3.00. The lowest BCUT2D eigenvalue weighted by molar-refractivity contribution is -0.136. The van der Waals surface area contributed by atoms with Gasteiger partial charge in [0.05, 0.1) is 43.4 Å². The van der Waals surface area contributed by atoms with Crippen LogP contribution in [0.25, 0.3) is 17.1 Å². The summed E-state index contributed by atoms with van der Waals surface area (Å²) >= 11 is 0. The number of rotatable bonds is 15. The normalized spacial score (nSPS) is 19.8. The number of cyclic esters (lactones) is 1. The molecule has 0 radical (unpaired) electrons. The molecule has 4 amide bonds. The monoisotopic (exact) mass is 901 g/mol. The number of ether oxygens (including phenoxy) is 2. The van der Waals surface area contributed by atoms with Gasteiger partial charge in [0, 0.05) is 55.4 Å². The molecule has 340 valence electrons. The van der Waals surface area contributed by atoms with Gasteiger partial charge < -0.3 is 24.5 Å². The maximum atomic E-state index is 14.1. The number of amides is 4. The van der Waals surface area contributed by atoms with Crippen molar-refractivity contribution in [3.63, 3.8) is 0 Å². The molecule has 4 fully saturated rings. The molecule has 5 aromatic rings. The van der Waals surface area contributed by atoms with Gasteiger partial charge in [0.1, 0.15) is 24.2 Å². The van der Waals surface area contributed by atoms with E-state index in [2.05, 4.69) is 47.8 Å². The van der Waals surface area contributed by atoms with Gasteiger partial charge in [-0.25, -0.2) is 28.2 Å². The van der Waals surface area contributed by atoms with Gasteiger partial charge in [0.25, 0.3) is 12.3 Å². The minimum Gasteiger partial charge on any atom is -0.444 e. The fourth-order valence-electron chi connectivity index (χ4n) is 8.00. The molecule has 66 heavy (non-hydrogen) atoms. The summed E-state index contributed by atoms with van der Waals surface area (Å²) in [5.74, 6) is 6.15. The van der Waals surface area contributed by atoms with Gasteiger partial charge in [-0.2, -0.15) is 5.10 Å². The van der Waals surface area contributed by atoms with Crippen molar-refractivity contribution >= 4 is 41.1 Å². The smallest absolute Gasteiger partial charge is 0.411 e. The average Bonchev–Trinajstić information content (AvgIpc) is 3.64. The van der Waals surface area contributed by atoms with Crippen LogP contribution in [0, 0.1) is 17.8 Å². The highest BCUT2D eigenvalue weighted by Crippen LogP contribution is 2.32. The van der Waals surface area contributed by atoms with E-state index in [1.165, 1.54) is 28.6 Å². The Kier molecular flexibility index (Phi) is 12.9. The van der Waals surface area contributed by atoms with Gasteiger partial charge in [-0.05, 0) is 85.7 Å². The summed E-state index contributed by atoms with van der Waals surface area (Å²) in [4.78, 5) is 75.0. The summed E-state index contributed by atoms with van der Waals surface area (Å²) in [6.07, 6.45) is 3.17. The summed E-state index contributed by atoms with van der Waals surface area (Å²) in [7, 11) is 0. The highest BCUT2D eigenvalue weighted by atomic mass is 19.3. The van der Waals surface area contributed by atoms with Gasteiger partial charge in [0.2, 0.25) is 17.7 Å². The molecule has 3 atom stereocenters. The first-order chi connectivity index (χ1) is 32.0. The summed E-state index contributed by atoms with van der Waals surface area (Å²) in [6.45, 7) is 3.22. The lowest BCUT2D eigenvalue weighted by Crippen LogP contribution is -2.52. The number of aromatic nitrogens is 4. The molecule has 3 saturated heterocycles. The number of piperidine rings is 1. The number of nitrogens with zero attached hydrogens (tertiary/aromatic N) is 6. The van der Waals surface area contributed by atoms with E-state index in [1.54, 1.807) is 42.6 Å². The molecule has 0 bridgehead atoms. The van der Waals surface area contributed by atoms with E-state index in [0.29, 0.717) is 61.2 Å². The fraction of sp³-hybridized carbons (Fsp3) is 0.362. The van der Waals surface area contributed by atoms with E-state index in [0.717, 1.165) is 23.9 Å². The molecule has 19 heteroatoms. The highest BCUT2D eigenvalue weighted by Gasteiger charge is 2.42. The van der Waals surface area contributed by atoms with Crippen molar-refractivity contribution < 1.29 is 46.6 Å². The zero-order valence-electron chi connectivity index (χ0n) is 35.6. The van der Waals surface area contributed by atoms with Gasteiger partial charge in [-0.15, -0.1) is 0 Å². The number of alkyl halides is 2. The predicted molar refractivity (Wildman–Crippen MR) is 233 cm³/mol. The maximum absolute atomic E-state index is 14.1. The third kappa shape index (κ3) is 10.5. The number of morpholine rings is 1. The largest absolute Gasteiger partial charge is 0.444 e. The second-order valence-corrected chi connectivity index (χ2v) is 16.6. The number of carbonyl (C=O) groups is 5. The lowest BCUT2D eigenvalue weighted by atomic mass is 10.0. The number of halogens is 2. The molecule has 1 saturated carbocycles. The van der Waals surface area contributed by atoms with Crippen LogP contribution in [-0.4, -0.2) is 111 Å². The molecular formula is C47H45F2N9O8. The first-order valence-corrected chi connectivity index (χ1v) is 21.7. The van der Waals surface area contributed by atoms with E-state index in [-0.39, 0.29) is 60.9 Å². The van der Waals surface area contributed by atoms with Crippen LogP contribution in [0.1, 0.15) is 88.7 Å². The van der Waals surface area contributed by atoms with E-state index >= 15 is 0 Å². The van der Waals surface area contributed by atoms with Crippen LogP contribution in [0.5, 0.6) is 0 Å². The van der Waals surface area contributed by atoms with Crippen molar-refractivity contribution in [3.8, 4) is 29.0 Å². The van der Waals surface area contributed by atoms with Crippen LogP contribution in [-0.2, 0) is 19.1 Å². The zero-order valence-corrected chi connectivity index (χ0v) is 35.6. The Labute approximate surface area is 377 Å². The molecule has 1 unspecified atom stereocenters. The van der Waals surface area contributed by atoms with Crippen molar-refractivity contribution in [3.05, 3.63) is 107 Å². The standard InChI is InChI=1S/C47H45F2N9O8/c48-43(49)42-35(52-44(61)36-27-65-46(53-36)32-16-17-50-40(22-32)51-23-29-6-7-29)25-58(55-42)33-10-8-30(9-11-33)38(59)14-12-34-24-56(19-20-64-34)18-2-4-28-3-1-5-31(21-28)39-26-57(47(63)66-39)37-13-15-41(60)54-45(37)62/h1,3,5,8-11,16-17,21-22,25,27,29,34,37,39,43H,6-7,12-15,18-20,23-24,26H2,(H,50,51)(H,52,61)(H,54,60,62)/t34-,37?,39+/m0/s1. The summed E-state index contributed by atoms with van der Waals surface area (Å²) in [5.41, 5.74) is 1.98. The Morgan fingerprint density at radius 2 is 1.86 bits per heavy atom. The third-order valence-corrected chi connectivity index (χ3v) is 11.8. The summed E-state index contributed by atoms with van der Waals surface area (Å²) in [6, 6.07) is 16.5. The molecule has 2 aromatic carbocycles. The lowest BCUT2D eigenvalue weighted by Gasteiger charge is -2.31. The van der Waals surface area contributed by atoms with Crippen LogP contribution >= 0.6 is 0 Å². The number of oxazole rings is 1. The van der Waals surface area contributed by atoms with E-state index < -0.39 is 42.2 Å². The third-order valence-electron chi connectivity index (χ3n) is 11.8. The number of hydrogen-bond acceptors (Lipinski definition) is 13. The van der Waals surface area contributed by atoms with E-state index in [4.69, 9.17) is 13.9 Å². The van der Waals surface area contributed by atoms with Gasteiger partial charge in [-0.3, -0.25) is 34.3 Å². The van der Waals surface area contributed by atoms with Crippen molar-refractivity contribution in [2.75, 3.05) is 50.0 Å². The molecule has 0 spiro atoms. The number of benzene rings is 2. The molecular weight excluding hydrogens is 857 g/mol. The van der Waals surface area contributed by atoms with Crippen LogP contribution in [0.15, 0.2) is 83.7 Å². The maximum Gasteiger partial charge on any atom is 0.411 e. The molecule has 17 nitrogen and oxygen atoms in total. The Hall–Kier alpha value is -7.30. The molecule has 3 N–H and O–H groups in total. The molecule has 6 heterocycles. The molecule has 9 rings (SSSR count). The number of nitrogens with one attached hydrogen (secondary N) is 3. The molecule has 3 aromatic heterocycles. The highest BCUT2D eigenvalue weighted by molar-refractivity contribution is 6.03. The van der Waals surface area contributed by atoms with Crippen LogP contribution in [0.3, 0.4) is 0 Å². The van der Waals surface area contributed by atoms with Crippen molar-refractivity contribution in [2.45, 2.75) is 63.2 Å². The van der Waals surface area contributed by atoms with E-state index in [1.807, 2.05) is 24.3 Å². The molecule has 3 aliphatic heterocycles. The number of carbonyl (C=O) groups excluding carboxylic acids is 5. The number of Topliss-reactive ketones (excluding diaryl/α,β-unsaturated/α-hetero) is 1. The van der Waals surface area contributed by atoms with Gasteiger partial charge in [-0.1, -0.05) is 24.0 Å². The van der Waals surface area contributed by atoms with Crippen molar-refractivity contribution in [1.29, 1.82) is 0 Å². The molecule has 4 aliphatic rings. The minimum absolute atomic E-state index is 0.108. The van der Waals surface area contributed by atoms with Gasteiger partial charge in [0.15, 0.2) is 17.2 Å². The number of ketones is 1. The second-order valence-electron chi connectivity index (χ2n) is 16.6. The number of anilines is 2. The van der Waals surface area contributed by atoms with Crippen LogP contribution < -0.4 is 16.0 Å². The van der Waals surface area contributed by atoms with Crippen molar-refractivity contribution in [2.24, 2.45) is 5.92 Å². The van der Waals surface area contributed by atoms with Gasteiger partial charge >= 0.3 is 6.09 Å². The number of hydrogen-bond donors (Lipinski definition) is 3.